The number of hydrogen-bond donors (Lipinski definition) is 0. The summed E-state index contributed by atoms with van der Waals surface area (Å²) >= 11 is 0. The van der Waals surface area contributed by atoms with Crippen molar-refractivity contribution in [2.24, 2.45) is 0 Å². The van der Waals surface area contributed by atoms with Gasteiger partial charge < -0.3 is 4.90 Å². The SMILES string of the molecule is CC.CC(C)N1C(=O)CCCC12CC2. The first kappa shape index (κ1) is 11.5. The van der Waals surface area contributed by atoms with Crippen LogP contribution in [0.5, 0.6) is 0 Å². The zero-order valence-electron chi connectivity index (χ0n) is 9.97. The molecule has 2 fully saturated rings. The van der Waals surface area contributed by atoms with E-state index < -0.39 is 0 Å². The van der Waals surface area contributed by atoms with Crippen LogP contribution >= 0.6 is 0 Å². The van der Waals surface area contributed by atoms with Gasteiger partial charge in [-0.2, -0.15) is 0 Å². The molecule has 0 aromatic rings. The molecule has 0 unspecified atom stereocenters. The Labute approximate surface area is 87.7 Å². The summed E-state index contributed by atoms with van der Waals surface area (Å²) < 4.78 is 0. The normalized spacial score (nSPS) is 23.5. The van der Waals surface area contributed by atoms with Gasteiger partial charge in [-0.05, 0) is 39.5 Å². The smallest absolute Gasteiger partial charge is 0.223 e. The van der Waals surface area contributed by atoms with E-state index >= 15 is 0 Å². The molecule has 0 N–H and O–H groups in total. The lowest BCUT2D eigenvalue weighted by molar-refractivity contribution is -0.139. The molecule has 1 amide bonds. The van der Waals surface area contributed by atoms with Crippen molar-refractivity contribution in [2.75, 3.05) is 0 Å². The van der Waals surface area contributed by atoms with Crippen LogP contribution in [0, 0.1) is 0 Å². The molecule has 2 heteroatoms. The predicted octanol–water partition coefficient (Wildman–Crippen LogP) is 2.97. The third-order valence-corrected chi connectivity index (χ3v) is 3.16. The molecule has 0 aromatic heterocycles. The van der Waals surface area contributed by atoms with Crippen molar-refractivity contribution >= 4 is 5.91 Å². The second-order valence-corrected chi connectivity index (χ2v) is 4.44. The summed E-state index contributed by atoms with van der Waals surface area (Å²) in [5, 5.41) is 0. The van der Waals surface area contributed by atoms with Crippen molar-refractivity contribution < 1.29 is 4.79 Å². The van der Waals surface area contributed by atoms with Crippen LogP contribution in [0.1, 0.15) is 59.8 Å². The maximum atomic E-state index is 11.6. The summed E-state index contributed by atoms with van der Waals surface area (Å²) in [6, 6.07) is 0.403. The van der Waals surface area contributed by atoms with Gasteiger partial charge >= 0.3 is 0 Å². The monoisotopic (exact) mass is 197 g/mol. The molecule has 1 heterocycles. The minimum Gasteiger partial charge on any atom is -0.335 e. The molecule has 1 aliphatic heterocycles. The van der Waals surface area contributed by atoms with Gasteiger partial charge in [-0.25, -0.2) is 0 Å². The number of amides is 1. The van der Waals surface area contributed by atoms with Crippen molar-refractivity contribution in [1.82, 2.24) is 4.90 Å². The largest absolute Gasteiger partial charge is 0.335 e. The number of carbonyl (C=O) groups excluding carboxylic acids is 1. The summed E-state index contributed by atoms with van der Waals surface area (Å²) in [7, 11) is 0. The van der Waals surface area contributed by atoms with Crippen molar-refractivity contribution in [3.63, 3.8) is 0 Å². The zero-order valence-corrected chi connectivity index (χ0v) is 9.97. The van der Waals surface area contributed by atoms with E-state index in [0.717, 1.165) is 12.8 Å². The van der Waals surface area contributed by atoms with Crippen LogP contribution in [0.25, 0.3) is 0 Å². The quantitative estimate of drug-likeness (QED) is 0.633. The average Bonchev–Trinajstić information content (AvgIpc) is 2.88. The molecule has 0 atom stereocenters. The molecular weight excluding hydrogens is 174 g/mol. The van der Waals surface area contributed by atoms with Gasteiger partial charge in [-0.1, -0.05) is 13.8 Å². The van der Waals surface area contributed by atoms with Crippen molar-refractivity contribution in [3.8, 4) is 0 Å². The Morgan fingerprint density at radius 1 is 1.21 bits per heavy atom. The maximum Gasteiger partial charge on any atom is 0.223 e. The first-order valence-corrected chi connectivity index (χ1v) is 5.98. The highest BCUT2D eigenvalue weighted by atomic mass is 16.2. The lowest BCUT2D eigenvalue weighted by atomic mass is 9.98. The van der Waals surface area contributed by atoms with Gasteiger partial charge in [0, 0.05) is 18.0 Å². The molecule has 0 aromatic carbocycles. The average molecular weight is 197 g/mol. The van der Waals surface area contributed by atoms with Gasteiger partial charge in [0.1, 0.15) is 0 Å². The first-order chi connectivity index (χ1) is 6.66. The van der Waals surface area contributed by atoms with Crippen molar-refractivity contribution in [3.05, 3.63) is 0 Å². The lowest BCUT2D eigenvalue weighted by Crippen LogP contribution is -2.49. The molecular formula is C12H23NO. The van der Waals surface area contributed by atoms with Gasteiger partial charge in [0.15, 0.2) is 0 Å². The number of piperidine rings is 1. The Hall–Kier alpha value is -0.530. The molecule has 1 aliphatic carbocycles. The molecule has 1 saturated carbocycles. The molecule has 2 nitrogen and oxygen atoms in total. The minimum atomic E-state index is 0.323. The topological polar surface area (TPSA) is 20.3 Å². The highest BCUT2D eigenvalue weighted by Gasteiger charge is 2.52. The van der Waals surface area contributed by atoms with E-state index in [0.29, 0.717) is 17.5 Å². The third kappa shape index (κ3) is 1.94. The summed E-state index contributed by atoms with van der Waals surface area (Å²) in [6.45, 7) is 8.26. The third-order valence-electron chi connectivity index (χ3n) is 3.16. The van der Waals surface area contributed by atoms with E-state index in [1.165, 1.54) is 19.3 Å². The van der Waals surface area contributed by atoms with Crippen molar-refractivity contribution in [1.29, 1.82) is 0 Å². The summed E-state index contributed by atoms with van der Waals surface area (Å²) in [6.07, 6.45) is 5.63. The second-order valence-electron chi connectivity index (χ2n) is 4.44. The van der Waals surface area contributed by atoms with Gasteiger partial charge in [-0.15, -0.1) is 0 Å². The Kier molecular flexibility index (Phi) is 3.57. The summed E-state index contributed by atoms with van der Waals surface area (Å²) in [5.41, 5.74) is 0.323. The molecule has 0 bridgehead atoms. The summed E-state index contributed by atoms with van der Waals surface area (Å²) in [5.74, 6) is 0.383. The van der Waals surface area contributed by atoms with Crippen LogP contribution in [-0.4, -0.2) is 22.4 Å². The first-order valence-electron chi connectivity index (χ1n) is 5.98. The molecule has 1 spiro atoms. The molecule has 82 valence electrons. The van der Waals surface area contributed by atoms with Gasteiger partial charge in [-0.3, -0.25) is 4.79 Å². The molecule has 1 saturated heterocycles. The lowest BCUT2D eigenvalue weighted by Gasteiger charge is -2.39. The van der Waals surface area contributed by atoms with E-state index in [9.17, 15) is 4.79 Å². The van der Waals surface area contributed by atoms with E-state index in [1.54, 1.807) is 0 Å². The van der Waals surface area contributed by atoms with E-state index in [-0.39, 0.29) is 0 Å². The standard InChI is InChI=1S/C10H17NO.C2H6/c1-8(2)11-9(12)4-3-5-10(11)6-7-10;1-2/h8H,3-7H2,1-2H3;1-2H3. The summed E-state index contributed by atoms with van der Waals surface area (Å²) in [4.78, 5) is 13.8. The van der Waals surface area contributed by atoms with Gasteiger partial charge in [0.05, 0.1) is 0 Å². The van der Waals surface area contributed by atoms with Crippen LogP contribution in [-0.2, 0) is 4.79 Å². The number of hydrogen-bond acceptors (Lipinski definition) is 1. The van der Waals surface area contributed by atoms with E-state index in [1.807, 2.05) is 13.8 Å². The molecule has 0 radical (unpaired) electrons. The number of rotatable bonds is 1. The van der Waals surface area contributed by atoms with Crippen molar-refractivity contribution in [2.45, 2.75) is 71.4 Å². The van der Waals surface area contributed by atoms with Crippen LogP contribution < -0.4 is 0 Å². The minimum absolute atomic E-state index is 0.323. The molecule has 14 heavy (non-hydrogen) atoms. The van der Waals surface area contributed by atoms with Gasteiger partial charge in [0.2, 0.25) is 5.91 Å². The Bertz CT molecular complexity index is 206. The molecule has 2 rings (SSSR count). The van der Waals surface area contributed by atoms with E-state index in [4.69, 9.17) is 0 Å². The Balaban J connectivity index is 0.000000461. The second kappa shape index (κ2) is 4.33. The van der Waals surface area contributed by atoms with Gasteiger partial charge in [0.25, 0.3) is 0 Å². The fourth-order valence-corrected chi connectivity index (χ4v) is 2.55. The number of likely N-dealkylation sites (tertiary alicyclic amines) is 1. The highest BCUT2D eigenvalue weighted by molar-refractivity contribution is 5.78. The fraction of sp³-hybridized carbons (Fsp3) is 0.917. The number of nitrogens with zero attached hydrogens (tertiary/aromatic N) is 1. The van der Waals surface area contributed by atoms with E-state index in [2.05, 4.69) is 18.7 Å². The van der Waals surface area contributed by atoms with Crippen LogP contribution in [0.15, 0.2) is 0 Å². The highest BCUT2D eigenvalue weighted by Crippen LogP contribution is 2.49. The predicted molar refractivity (Wildman–Crippen MR) is 59.1 cm³/mol. The molecule has 2 aliphatic rings. The van der Waals surface area contributed by atoms with Crippen LogP contribution in [0.2, 0.25) is 0 Å². The zero-order chi connectivity index (χ0) is 10.8. The Morgan fingerprint density at radius 3 is 2.14 bits per heavy atom. The maximum absolute atomic E-state index is 11.6. The number of carbonyl (C=O) groups is 1. The van der Waals surface area contributed by atoms with Crippen LogP contribution in [0.4, 0.5) is 0 Å². The fourth-order valence-electron chi connectivity index (χ4n) is 2.55. The Morgan fingerprint density at radius 2 is 1.79 bits per heavy atom. The van der Waals surface area contributed by atoms with Crippen LogP contribution in [0.3, 0.4) is 0 Å².